The van der Waals surface area contributed by atoms with Crippen molar-refractivity contribution in [1.29, 1.82) is 0 Å². The van der Waals surface area contributed by atoms with Gasteiger partial charge in [-0.05, 0) is 17.9 Å². The van der Waals surface area contributed by atoms with Gasteiger partial charge in [0.15, 0.2) is 9.84 Å². The Morgan fingerprint density at radius 2 is 2.14 bits per heavy atom. The van der Waals surface area contributed by atoms with E-state index >= 15 is 0 Å². The lowest BCUT2D eigenvalue weighted by Gasteiger charge is -2.10. The van der Waals surface area contributed by atoms with Crippen LogP contribution in [0.5, 0.6) is 0 Å². The highest BCUT2D eigenvalue weighted by Crippen LogP contribution is 2.25. The second-order valence-electron chi connectivity index (χ2n) is 5.29. The third kappa shape index (κ3) is 3.59. The number of carbonyl (C=O) groups excluding carboxylic acids is 1. The van der Waals surface area contributed by atoms with Gasteiger partial charge < -0.3 is 5.32 Å². The highest BCUT2D eigenvalue weighted by atomic mass is 32.2. The van der Waals surface area contributed by atoms with Crippen molar-refractivity contribution in [2.24, 2.45) is 0 Å². The Balaban J connectivity index is 1.61. The molecule has 0 radical (unpaired) electrons. The summed E-state index contributed by atoms with van der Waals surface area (Å²) in [6.45, 7) is 0. The van der Waals surface area contributed by atoms with Crippen LogP contribution in [0.3, 0.4) is 0 Å². The van der Waals surface area contributed by atoms with Gasteiger partial charge in [-0.15, -0.1) is 0 Å². The molecular formula is C15H16N2O3S2. The molecule has 1 fully saturated rings. The summed E-state index contributed by atoms with van der Waals surface area (Å²) in [5.41, 5.74) is 0. The average Bonchev–Trinajstić information content (AvgIpc) is 2.84. The monoisotopic (exact) mass is 336 g/mol. The van der Waals surface area contributed by atoms with E-state index in [0.717, 1.165) is 15.8 Å². The number of pyridine rings is 1. The number of carbonyl (C=O) groups is 1. The van der Waals surface area contributed by atoms with Gasteiger partial charge in [-0.25, -0.2) is 13.4 Å². The van der Waals surface area contributed by atoms with Crippen molar-refractivity contribution in [3.8, 4) is 0 Å². The molecule has 0 aliphatic carbocycles. The molecule has 2 aromatic rings. The van der Waals surface area contributed by atoms with Crippen molar-refractivity contribution in [2.45, 2.75) is 17.5 Å². The molecule has 1 aromatic heterocycles. The molecule has 3 rings (SSSR count). The van der Waals surface area contributed by atoms with E-state index in [9.17, 15) is 13.2 Å². The van der Waals surface area contributed by atoms with Crippen molar-refractivity contribution in [3.63, 3.8) is 0 Å². The molecule has 116 valence electrons. The normalized spacial score (nSPS) is 20.1. The van der Waals surface area contributed by atoms with Crippen molar-refractivity contribution in [2.75, 3.05) is 17.3 Å². The van der Waals surface area contributed by atoms with E-state index in [1.807, 2.05) is 30.3 Å². The molecule has 1 saturated heterocycles. The standard InChI is InChI=1S/C15H16N2O3S2/c18-14(17-12-6-8-22(19,20)10-12)9-21-15-13-4-2-1-3-11(13)5-7-16-15/h1-5,7,12H,6,8-10H2,(H,17,18)/t12-/m1/s1. The van der Waals surface area contributed by atoms with E-state index in [0.29, 0.717) is 6.42 Å². The number of rotatable bonds is 4. The second kappa shape index (κ2) is 6.26. The molecule has 7 heteroatoms. The molecular weight excluding hydrogens is 320 g/mol. The van der Waals surface area contributed by atoms with E-state index in [1.165, 1.54) is 11.8 Å². The Morgan fingerprint density at radius 1 is 1.32 bits per heavy atom. The largest absolute Gasteiger partial charge is 0.352 e. The number of nitrogens with one attached hydrogen (secondary N) is 1. The Bertz CT molecular complexity index is 800. The fourth-order valence-corrected chi connectivity index (χ4v) is 5.02. The Kier molecular flexibility index (Phi) is 4.35. The molecule has 0 spiro atoms. The third-order valence-corrected chi connectivity index (χ3v) is 6.35. The zero-order valence-electron chi connectivity index (χ0n) is 11.9. The van der Waals surface area contributed by atoms with Crippen LogP contribution in [-0.2, 0) is 14.6 Å². The van der Waals surface area contributed by atoms with Crippen LogP contribution >= 0.6 is 11.8 Å². The summed E-state index contributed by atoms with van der Waals surface area (Å²) in [5.74, 6) is 0.297. The SMILES string of the molecule is O=C(CSc1nccc2ccccc12)N[C@@H]1CCS(=O)(=O)C1. The van der Waals surface area contributed by atoms with Gasteiger partial charge in [-0.3, -0.25) is 4.79 Å². The topological polar surface area (TPSA) is 76.1 Å². The number of fused-ring (bicyclic) bond motifs is 1. The predicted octanol–water partition coefficient (Wildman–Crippen LogP) is 1.63. The molecule has 0 unspecified atom stereocenters. The van der Waals surface area contributed by atoms with Crippen LogP contribution in [0.4, 0.5) is 0 Å². The lowest BCUT2D eigenvalue weighted by Crippen LogP contribution is -2.36. The number of thioether (sulfide) groups is 1. The molecule has 1 aliphatic heterocycles. The van der Waals surface area contributed by atoms with Crippen molar-refractivity contribution < 1.29 is 13.2 Å². The van der Waals surface area contributed by atoms with Gasteiger partial charge in [0.25, 0.3) is 0 Å². The fourth-order valence-electron chi connectivity index (χ4n) is 2.52. The highest BCUT2D eigenvalue weighted by Gasteiger charge is 2.28. The second-order valence-corrected chi connectivity index (χ2v) is 8.49. The minimum absolute atomic E-state index is 0.0515. The van der Waals surface area contributed by atoms with Gasteiger partial charge in [0.1, 0.15) is 5.03 Å². The smallest absolute Gasteiger partial charge is 0.230 e. The fraction of sp³-hybridized carbons (Fsp3) is 0.333. The molecule has 0 saturated carbocycles. The summed E-state index contributed by atoms with van der Waals surface area (Å²) < 4.78 is 22.8. The van der Waals surface area contributed by atoms with Crippen LogP contribution in [-0.4, -0.2) is 42.6 Å². The number of hydrogen-bond acceptors (Lipinski definition) is 5. The number of benzene rings is 1. The summed E-state index contributed by atoms with van der Waals surface area (Å²) in [5, 5.41) is 5.70. The third-order valence-electron chi connectivity index (χ3n) is 3.57. The number of nitrogens with zero attached hydrogens (tertiary/aromatic N) is 1. The van der Waals surface area contributed by atoms with E-state index in [-0.39, 0.29) is 29.2 Å². The van der Waals surface area contributed by atoms with Gasteiger partial charge in [0, 0.05) is 17.6 Å². The quantitative estimate of drug-likeness (QED) is 0.859. The molecule has 22 heavy (non-hydrogen) atoms. The summed E-state index contributed by atoms with van der Waals surface area (Å²) >= 11 is 1.37. The molecule has 1 amide bonds. The van der Waals surface area contributed by atoms with Gasteiger partial charge in [0.2, 0.25) is 5.91 Å². The number of aromatic nitrogens is 1. The predicted molar refractivity (Wildman–Crippen MR) is 87.7 cm³/mol. The van der Waals surface area contributed by atoms with Crippen LogP contribution in [0.2, 0.25) is 0 Å². The average molecular weight is 336 g/mol. The van der Waals surface area contributed by atoms with E-state index in [4.69, 9.17) is 0 Å². The van der Waals surface area contributed by atoms with Gasteiger partial charge in [-0.2, -0.15) is 0 Å². The summed E-state index contributed by atoms with van der Waals surface area (Å²) in [6.07, 6.45) is 2.23. The lowest BCUT2D eigenvalue weighted by molar-refractivity contribution is -0.119. The zero-order valence-corrected chi connectivity index (χ0v) is 13.5. The number of sulfone groups is 1. The first-order valence-electron chi connectivity index (χ1n) is 7.00. The molecule has 0 bridgehead atoms. The van der Waals surface area contributed by atoms with Crippen LogP contribution in [0, 0.1) is 0 Å². The molecule has 1 N–H and O–H groups in total. The zero-order chi connectivity index (χ0) is 15.6. The van der Waals surface area contributed by atoms with Crippen LogP contribution in [0.25, 0.3) is 10.8 Å². The summed E-state index contributed by atoms with van der Waals surface area (Å²) in [4.78, 5) is 16.3. The van der Waals surface area contributed by atoms with Gasteiger partial charge in [0.05, 0.1) is 17.3 Å². The minimum atomic E-state index is -2.97. The van der Waals surface area contributed by atoms with Crippen molar-refractivity contribution >= 4 is 38.3 Å². The maximum atomic E-state index is 12.0. The molecule has 1 atom stereocenters. The first-order valence-corrected chi connectivity index (χ1v) is 9.80. The van der Waals surface area contributed by atoms with Crippen molar-refractivity contribution in [3.05, 3.63) is 36.5 Å². The number of amides is 1. The first kappa shape index (κ1) is 15.3. The molecule has 2 heterocycles. The maximum absolute atomic E-state index is 12.0. The number of hydrogen-bond donors (Lipinski definition) is 1. The van der Waals surface area contributed by atoms with Crippen LogP contribution in [0.1, 0.15) is 6.42 Å². The van der Waals surface area contributed by atoms with Crippen molar-refractivity contribution in [1.82, 2.24) is 10.3 Å². The van der Waals surface area contributed by atoms with E-state index < -0.39 is 9.84 Å². The minimum Gasteiger partial charge on any atom is -0.352 e. The van der Waals surface area contributed by atoms with Crippen LogP contribution < -0.4 is 5.32 Å². The van der Waals surface area contributed by atoms with E-state index in [1.54, 1.807) is 6.20 Å². The highest BCUT2D eigenvalue weighted by molar-refractivity contribution is 8.00. The lowest BCUT2D eigenvalue weighted by atomic mass is 10.2. The summed E-state index contributed by atoms with van der Waals surface area (Å²) in [6, 6.07) is 9.57. The molecule has 5 nitrogen and oxygen atoms in total. The molecule has 1 aromatic carbocycles. The van der Waals surface area contributed by atoms with Gasteiger partial charge in [-0.1, -0.05) is 36.0 Å². The van der Waals surface area contributed by atoms with E-state index in [2.05, 4.69) is 10.3 Å². The van der Waals surface area contributed by atoms with Crippen LogP contribution in [0.15, 0.2) is 41.6 Å². The first-order chi connectivity index (χ1) is 10.5. The molecule has 1 aliphatic rings. The maximum Gasteiger partial charge on any atom is 0.230 e. The van der Waals surface area contributed by atoms with Gasteiger partial charge >= 0.3 is 0 Å². The summed E-state index contributed by atoms with van der Waals surface area (Å²) in [7, 11) is -2.97. The Morgan fingerprint density at radius 3 is 2.91 bits per heavy atom. The Hall–Kier alpha value is -1.60. The Labute approximate surface area is 133 Å².